The first kappa shape index (κ1) is 38.3. The number of nitrogens with zero attached hydrogens (tertiary/aromatic N) is 2. The maximum absolute atomic E-state index is 14.2. The van der Waals surface area contributed by atoms with Crippen LogP contribution in [0.1, 0.15) is 70.1 Å². The fourth-order valence-corrected chi connectivity index (χ4v) is 6.98. The van der Waals surface area contributed by atoms with E-state index in [2.05, 4.69) is 20.9 Å². The number of methoxy groups -OCH3 is 1. The lowest BCUT2D eigenvalue weighted by Gasteiger charge is -2.27. The number of hydrogen-bond acceptors (Lipinski definition) is 12. The molecule has 2 fully saturated rings. The molecule has 3 aliphatic rings. The van der Waals surface area contributed by atoms with Crippen molar-refractivity contribution in [2.75, 3.05) is 52.0 Å². The first-order valence-corrected chi connectivity index (χ1v) is 17.9. The van der Waals surface area contributed by atoms with E-state index in [1.54, 1.807) is 36.5 Å². The van der Waals surface area contributed by atoms with Crippen molar-refractivity contribution in [3.05, 3.63) is 59.3 Å². The monoisotopic (exact) mass is 747 g/mol. The average Bonchev–Trinajstić information content (AvgIpc) is 3.59. The van der Waals surface area contributed by atoms with E-state index in [-0.39, 0.29) is 55.3 Å². The average molecular weight is 748 g/mol. The molecule has 3 N–H and O–H groups in total. The van der Waals surface area contributed by atoms with Crippen LogP contribution in [-0.2, 0) is 23.9 Å². The van der Waals surface area contributed by atoms with Gasteiger partial charge in [0.2, 0.25) is 17.7 Å². The molecule has 0 bridgehead atoms. The second kappa shape index (κ2) is 17.1. The van der Waals surface area contributed by atoms with Crippen LogP contribution in [0.2, 0.25) is 0 Å². The molecule has 0 aliphatic carbocycles. The summed E-state index contributed by atoms with van der Waals surface area (Å²) >= 11 is 0. The zero-order valence-electron chi connectivity index (χ0n) is 30.0. The molecule has 3 aliphatic heterocycles. The van der Waals surface area contributed by atoms with E-state index < -0.39 is 53.7 Å². The summed E-state index contributed by atoms with van der Waals surface area (Å²) in [4.78, 5) is 80.4. The van der Waals surface area contributed by atoms with Gasteiger partial charge < -0.3 is 29.6 Å². The smallest absolute Gasteiger partial charge is 0.264 e. The van der Waals surface area contributed by atoms with Gasteiger partial charge in [-0.25, -0.2) is 9.37 Å². The Morgan fingerprint density at radius 1 is 1.02 bits per heavy atom. The topological polar surface area (TPSA) is 192 Å². The number of benzene rings is 2. The zero-order chi connectivity index (χ0) is 38.4. The number of ether oxygens (including phenoxy) is 4. The number of aromatic nitrogens is 1. The molecular formula is C38H42FN5O10. The number of nitrogens with one attached hydrogen (secondary N) is 3. The Morgan fingerprint density at radius 2 is 1.81 bits per heavy atom. The van der Waals surface area contributed by atoms with Crippen LogP contribution in [0.25, 0.3) is 10.8 Å². The third kappa shape index (κ3) is 8.04. The molecule has 15 nitrogen and oxygen atoms in total. The lowest BCUT2D eigenvalue weighted by molar-refractivity contribution is -0.136. The van der Waals surface area contributed by atoms with Crippen molar-refractivity contribution in [1.82, 2.24) is 20.5 Å². The summed E-state index contributed by atoms with van der Waals surface area (Å²) in [5, 5.41) is 9.29. The highest BCUT2D eigenvalue weighted by Gasteiger charge is 2.46. The first-order chi connectivity index (χ1) is 26.1. The minimum absolute atomic E-state index is 0.0438. The maximum Gasteiger partial charge on any atom is 0.264 e. The van der Waals surface area contributed by atoms with Crippen molar-refractivity contribution in [2.45, 2.75) is 57.3 Å². The predicted molar refractivity (Wildman–Crippen MR) is 191 cm³/mol. The summed E-state index contributed by atoms with van der Waals surface area (Å²) in [6, 6.07) is 8.50. The molecule has 54 heavy (non-hydrogen) atoms. The quantitative estimate of drug-likeness (QED) is 0.0981. The molecule has 0 saturated carbocycles. The Labute approximate surface area is 310 Å². The standard InChI is InChI=1S/C38H42FN5O10/c1-3-22-27(42-35(48)33(22)39)20-54-36-24-19-30(51-2)25(18-21(24)11-12-41-36)29(45)8-5-14-52-16-17-53-15-13-40-26-7-4-6-23-32(26)38(50)44(37(23)49)28-9-10-31(46)43-34(28)47/h4,6-7,11-12,18-19,22,27-28,33,40H,3,5,8-10,13-17,20H2,1-2H3,(H,42,48)(H,43,46,47)/t22-,27+,28?,33-/m0/s1. The fraction of sp³-hybridized carbons (Fsp3) is 0.447. The highest BCUT2D eigenvalue weighted by Crippen LogP contribution is 2.34. The van der Waals surface area contributed by atoms with Crippen LogP contribution < -0.4 is 25.4 Å². The van der Waals surface area contributed by atoms with Crippen LogP contribution in [0.3, 0.4) is 0 Å². The number of pyridine rings is 1. The van der Waals surface area contributed by atoms with Gasteiger partial charge in [0.15, 0.2) is 12.0 Å². The van der Waals surface area contributed by atoms with Gasteiger partial charge in [0.05, 0.1) is 49.7 Å². The molecule has 2 aromatic carbocycles. The first-order valence-electron chi connectivity index (χ1n) is 17.9. The van der Waals surface area contributed by atoms with Gasteiger partial charge in [-0.05, 0) is 55.0 Å². The zero-order valence-corrected chi connectivity index (χ0v) is 30.0. The number of piperidine rings is 1. The van der Waals surface area contributed by atoms with Crippen molar-refractivity contribution in [1.29, 1.82) is 0 Å². The molecule has 1 aromatic heterocycles. The lowest BCUT2D eigenvalue weighted by atomic mass is 9.97. The summed E-state index contributed by atoms with van der Waals surface area (Å²) in [6.45, 7) is 3.41. The van der Waals surface area contributed by atoms with E-state index in [9.17, 15) is 33.2 Å². The second-order valence-electron chi connectivity index (χ2n) is 13.1. The van der Waals surface area contributed by atoms with E-state index in [4.69, 9.17) is 18.9 Å². The normalized spacial score (nSPS) is 20.9. The van der Waals surface area contributed by atoms with Gasteiger partial charge >= 0.3 is 0 Å². The van der Waals surface area contributed by atoms with Crippen molar-refractivity contribution in [2.24, 2.45) is 5.92 Å². The Hall–Kier alpha value is -5.48. The highest BCUT2D eigenvalue weighted by molar-refractivity contribution is 6.25. The molecule has 0 radical (unpaired) electrons. The number of fused-ring (bicyclic) bond motifs is 2. The number of imide groups is 2. The second-order valence-corrected chi connectivity index (χ2v) is 13.1. The van der Waals surface area contributed by atoms with Crippen molar-refractivity contribution < 1.29 is 52.1 Å². The Balaban J connectivity index is 0.911. The van der Waals surface area contributed by atoms with E-state index in [1.807, 2.05) is 6.92 Å². The number of alkyl halides is 1. The Kier molecular flexibility index (Phi) is 12.1. The van der Waals surface area contributed by atoms with Gasteiger partial charge in [0, 0.05) is 49.2 Å². The predicted octanol–water partition coefficient (Wildman–Crippen LogP) is 2.99. The number of carbonyl (C=O) groups excluding carboxylic acids is 6. The number of Topliss-reactive ketones (excluding diaryl/α,β-unsaturated/α-hetero) is 1. The van der Waals surface area contributed by atoms with Gasteiger partial charge in [-0.1, -0.05) is 13.0 Å². The van der Waals surface area contributed by atoms with Gasteiger partial charge in [-0.3, -0.25) is 39.0 Å². The summed E-state index contributed by atoms with van der Waals surface area (Å²) in [5.41, 5.74) is 1.22. The van der Waals surface area contributed by atoms with Crippen LogP contribution in [0.4, 0.5) is 10.1 Å². The summed E-state index contributed by atoms with van der Waals surface area (Å²) in [7, 11) is 1.47. The largest absolute Gasteiger partial charge is 0.496 e. The molecule has 0 spiro atoms. The number of hydrogen-bond donors (Lipinski definition) is 3. The number of rotatable bonds is 18. The number of anilines is 1. The third-order valence-electron chi connectivity index (χ3n) is 9.78. The lowest BCUT2D eigenvalue weighted by Crippen LogP contribution is -2.54. The van der Waals surface area contributed by atoms with Gasteiger partial charge in [-0.2, -0.15) is 0 Å². The van der Waals surface area contributed by atoms with Crippen LogP contribution >= 0.6 is 0 Å². The molecule has 3 aromatic rings. The van der Waals surface area contributed by atoms with Crippen molar-refractivity contribution in [3.8, 4) is 11.6 Å². The van der Waals surface area contributed by atoms with Crippen LogP contribution in [-0.4, -0.2) is 110 Å². The number of halogens is 1. The summed E-state index contributed by atoms with van der Waals surface area (Å²) < 4.78 is 37.0. The van der Waals surface area contributed by atoms with Gasteiger partial charge in [0.1, 0.15) is 18.4 Å². The molecule has 4 atom stereocenters. The van der Waals surface area contributed by atoms with E-state index in [1.165, 1.54) is 13.2 Å². The van der Waals surface area contributed by atoms with Gasteiger partial charge in [0.25, 0.3) is 17.7 Å². The molecule has 16 heteroatoms. The maximum atomic E-state index is 14.2. The molecular weight excluding hydrogens is 705 g/mol. The fourth-order valence-electron chi connectivity index (χ4n) is 6.98. The highest BCUT2D eigenvalue weighted by atomic mass is 19.1. The van der Waals surface area contributed by atoms with Crippen LogP contribution in [0.15, 0.2) is 42.6 Å². The Morgan fingerprint density at radius 3 is 2.57 bits per heavy atom. The molecule has 2 saturated heterocycles. The van der Waals surface area contributed by atoms with E-state index in [0.29, 0.717) is 67.0 Å². The minimum Gasteiger partial charge on any atom is -0.496 e. The van der Waals surface area contributed by atoms with Crippen LogP contribution in [0, 0.1) is 5.92 Å². The number of ketones is 1. The molecule has 5 amide bonds. The minimum atomic E-state index is -1.57. The third-order valence-corrected chi connectivity index (χ3v) is 9.78. The van der Waals surface area contributed by atoms with Gasteiger partial charge in [-0.15, -0.1) is 0 Å². The van der Waals surface area contributed by atoms with E-state index >= 15 is 0 Å². The Bertz CT molecular complexity index is 1960. The van der Waals surface area contributed by atoms with E-state index in [0.717, 1.165) is 4.90 Å². The summed E-state index contributed by atoms with van der Waals surface area (Å²) in [5.74, 6) is -2.86. The molecule has 1 unspecified atom stereocenters. The van der Waals surface area contributed by atoms with Crippen LogP contribution in [0.5, 0.6) is 11.6 Å². The molecule has 286 valence electrons. The van der Waals surface area contributed by atoms with Crippen molar-refractivity contribution in [3.63, 3.8) is 0 Å². The number of carbonyl (C=O) groups is 6. The summed E-state index contributed by atoms with van der Waals surface area (Å²) in [6.07, 6.45) is 1.28. The molecule has 4 heterocycles. The number of amides is 5. The SMILES string of the molecule is CC[C@@H]1[C@H](F)C(=O)N[C@@H]1COc1nccc2cc(C(=O)CCCOCCOCCNc3cccc4c3C(=O)N(C3CCC(=O)NC3=O)C4=O)c(OC)cc12. The van der Waals surface area contributed by atoms with Crippen molar-refractivity contribution >= 4 is 51.8 Å². The molecule has 6 rings (SSSR count).